The molecule has 2 atom stereocenters. The topological polar surface area (TPSA) is 101 Å². The minimum absolute atomic E-state index is 0.173. The molecule has 0 radical (unpaired) electrons. The molecule has 0 spiro atoms. The molecule has 5 rings (SSSR count). The van der Waals surface area contributed by atoms with Crippen LogP contribution in [0.2, 0.25) is 5.02 Å². The zero-order chi connectivity index (χ0) is 32.2. The number of likely N-dealkylation sites (tertiary alicyclic amines) is 1. The van der Waals surface area contributed by atoms with Gasteiger partial charge in [0.25, 0.3) is 0 Å². The van der Waals surface area contributed by atoms with Gasteiger partial charge in [-0.25, -0.2) is 4.79 Å². The molecule has 0 bridgehead atoms. The molecule has 2 aromatic carbocycles. The van der Waals surface area contributed by atoms with Gasteiger partial charge in [0.2, 0.25) is 0 Å². The van der Waals surface area contributed by atoms with E-state index in [0.717, 1.165) is 52.2 Å². The number of ether oxygens (including phenoxy) is 3. The number of carbonyl (C=O) groups excluding carboxylic acids is 1. The highest BCUT2D eigenvalue weighted by Gasteiger charge is 2.52. The molecular weight excluding hydrogens is 592 g/mol. The first kappa shape index (κ1) is 33.1. The van der Waals surface area contributed by atoms with E-state index in [1.165, 1.54) is 0 Å². The number of esters is 1. The van der Waals surface area contributed by atoms with Gasteiger partial charge in [0, 0.05) is 47.4 Å². The second-order valence-corrected chi connectivity index (χ2v) is 13.2. The molecule has 1 saturated heterocycles. The fourth-order valence-corrected chi connectivity index (χ4v) is 6.54. The smallest absolute Gasteiger partial charge is 0.332 e. The van der Waals surface area contributed by atoms with Crippen LogP contribution in [0.5, 0.6) is 5.75 Å². The van der Waals surface area contributed by atoms with Gasteiger partial charge in [-0.05, 0) is 80.6 Å². The molecule has 0 aliphatic carbocycles. The van der Waals surface area contributed by atoms with Crippen molar-refractivity contribution in [1.29, 1.82) is 0 Å². The predicted molar refractivity (Wildman–Crippen MR) is 174 cm³/mol. The average Bonchev–Trinajstić information content (AvgIpc) is 3.15. The van der Waals surface area contributed by atoms with Crippen LogP contribution >= 0.6 is 11.6 Å². The summed E-state index contributed by atoms with van der Waals surface area (Å²) in [6.07, 6.45) is 5.22. The summed E-state index contributed by atoms with van der Waals surface area (Å²) in [4.78, 5) is 18.9. The van der Waals surface area contributed by atoms with E-state index < -0.39 is 22.6 Å². The summed E-state index contributed by atoms with van der Waals surface area (Å²) < 4.78 is 17.1. The number of hydrogen-bond donors (Lipinski definition) is 2. The Hall–Kier alpha value is -3.27. The number of aromatic nitrogens is 1. The molecule has 1 fully saturated rings. The van der Waals surface area contributed by atoms with Crippen molar-refractivity contribution in [1.82, 2.24) is 9.88 Å². The third-order valence-electron chi connectivity index (χ3n) is 8.94. The van der Waals surface area contributed by atoms with Crippen LogP contribution in [0.4, 0.5) is 0 Å². The second kappa shape index (κ2) is 13.6. The average molecular weight is 635 g/mol. The number of halogens is 1. The Labute approximate surface area is 270 Å². The van der Waals surface area contributed by atoms with Crippen LogP contribution in [0.1, 0.15) is 68.5 Å². The van der Waals surface area contributed by atoms with Crippen LogP contribution < -0.4 is 4.74 Å². The minimum atomic E-state index is -1.18. The standard InChI is InChI=1S/C36H43ClN2O6/c1-5-44-33(40)22-43-24-35(4)23-39(19-16-36(35,42)25-10-13-27(37)14-11-25)18-7-9-28-29-8-6-17-38-31(29)21-45-32-15-12-26(20-30(28)32)34(2,3)41/h6,8-15,17,20,41-42H,5,7,16,18-19,21-24H2,1-4H3. The van der Waals surface area contributed by atoms with Crippen molar-refractivity contribution in [2.75, 3.05) is 39.5 Å². The van der Waals surface area contributed by atoms with E-state index in [2.05, 4.69) is 22.0 Å². The molecule has 3 heterocycles. The predicted octanol–water partition coefficient (Wildman–Crippen LogP) is 5.86. The van der Waals surface area contributed by atoms with Crippen LogP contribution in [0.25, 0.3) is 5.57 Å². The monoisotopic (exact) mass is 634 g/mol. The number of aliphatic hydroxyl groups is 2. The summed E-state index contributed by atoms with van der Waals surface area (Å²) in [6.45, 7) is 9.95. The molecule has 2 unspecified atom stereocenters. The Kier molecular flexibility index (Phi) is 10.0. The first-order valence-corrected chi connectivity index (χ1v) is 15.9. The summed E-state index contributed by atoms with van der Waals surface area (Å²) >= 11 is 6.17. The van der Waals surface area contributed by atoms with E-state index in [1.54, 1.807) is 39.1 Å². The zero-order valence-corrected chi connectivity index (χ0v) is 27.3. The van der Waals surface area contributed by atoms with E-state index >= 15 is 0 Å². The third kappa shape index (κ3) is 7.26. The Morgan fingerprint density at radius 1 is 1.18 bits per heavy atom. The minimum Gasteiger partial charge on any atom is -0.487 e. The summed E-state index contributed by atoms with van der Waals surface area (Å²) in [7, 11) is 0. The fourth-order valence-electron chi connectivity index (χ4n) is 6.41. The summed E-state index contributed by atoms with van der Waals surface area (Å²) in [6, 6.07) is 17.1. The van der Waals surface area contributed by atoms with Gasteiger partial charge >= 0.3 is 5.97 Å². The molecule has 2 aliphatic heterocycles. The van der Waals surface area contributed by atoms with Gasteiger partial charge < -0.3 is 29.3 Å². The molecule has 3 aromatic rings. The maximum atomic E-state index is 12.2. The van der Waals surface area contributed by atoms with Crippen molar-refractivity contribution in [3.05, 3.63) is 99.8 Å². The van der Waals surface area contributed by atoms with Gasteiger partial charge in [-0.15, -0.1) is 0 Å². The Morgan fingerprint density at radius 3 is 2.69 bits per heavy atom. The molecule has 0 saturated carbocycles. The first-order valence-electron chi connectivity index (χ1n) is 15.5. The van der Waals surface area contributed by atoms with Gasteiger partial charge in [0.15, 0.2) is 0 Å². The van der Waals surface area contributed by atoms with Crippen LogP contribution in [0.15, 0.2) is 66.9 Å². The van der Waals surface area contributed by atoms with E-state index in [4.69, 9.17) is 25.8 Å². The lowest BCUT2D eigenvalue weighted by Crippen LogP contribution is -2.59. The van der Waals surface area contributed by atoms with Crippen LogP contribution in [-0.4, -0.2) is 65.5 Å². The van der Waals surface area contributed by atoms with Crippen molar-refractivity contribution in [2.24, 2.45) is 5.41 Å². The molecule has 2 N–H and O–H groups in total. The van der Waals surface area contributed by atoms with E-state index in [-0.39, 0.29) is 19.8 Å². The molecule has 0 amide bonds. The molecule has 2 aliphatic rings. The lowest BCUT2D eigenvalue weighted by molar-refractivity contribution is -0.171. The lowest BCUT2D eigenvalue weighted by Gasteiger charge is -2.52. The maximum absolute atomic E-state index is 12.2. The number of pyridine rings is 1. The van der Waals surface area contributed by atoms with Crippen molar-refractivity contribution in [2.45, 2.75) is 58.3 Å². The Bertz CT molecular complexity index is 1540. The highest BCUT2D eigenvalue weighted by molar-refractivity contribution is 6.30. The van der Waals surface area contributed by atoms with Crippen molar-refractivity contribution in [3.63, 3.8) is 0 Å². The van der Waals surface area contributed by atoms with Crippen LogP contribution in [-0.2, 0) is 32.1 Å². The SMILES string of the molecule is CCOC(=O)COCC1(C)CN(CCC=C2c3cc(C(C)(C)O)ccc3OCc3ncccc32)CCC1(O)c1ccc(Cl)cc1. The fraction of sp³-hybridized carbons (Fsp3) is 0.444. The van der Waals surface area contributed by atoms with Crippen molar-refractivity contribution < 1.29 is 29.2 Å². The van der Waals surface area contributed by atoms with Crippen molar-refractivity contribution in [3.8, 4) is 5.75 Å². The maximum Gasteiger partial charge on any atom is 0.332 e. The Morgan fingerprint density at radius 2 is 1.96 bits per heavy atom. The number of carbonyl (C=O) groups is 1. The highest BCUT2D eigenvalue weighted by Crippen LogP contribution is 2.47. The molecule has 9 heteroatoms. The van der Waals surface area contributed by atoms with Crippen LogP contribution in [0, 0.1) is 5.41 Å². The van der Waals surface area contributed by atoms with Gasteiger partial charge in [-0.3, -0.25) is 4.98 Å². The number of piperidine rings is 1. The second-order valence-electron chi connectivity index (χ2n) is 12.7. The van der Waals surface area contributed by atoms with E-state index in [0.29, 0.717) is 31.1 Å². The number of benzene rings is 2. The van der Waals surface area contributed by atoms with Gasteiger partial charge in [0.05, 0.1) is 30.1 Å². The third-order valence-corrected chi connectivity index (χ3v) is 9.20. The molecule has 8 nitrogen and oxygen atoms in total. The van der Waals surface area contributed by atoms with E-state index in [9.17, 15) is 15.0 Å². The number of nitrogens with zero attached hydrogens (tertiary/aromatic N) is 2. The van der Waals surface area contributed by atoms with Gasteiger partial charge in [-0.1, -0.05) is 48.9 Å². The summed E-state index contributed by atoms with van der Waals surface area (Å²) in [5.74, 6) is 0.329. The van der Waals surface area contributed by atoms with Gasteiger partial charge in [0.1, 0.15) is 19.0 Å². The van der Waals surface area contributed by atoms with Crippen LogP contribution in [0.3, 0.4) is 0 Å². The molecule has 1 aromatic heterocycles. The number of hydrogen-bond acceptors (Lipinski definition) is 8. The number of rotatable bonds is 10. The quantitative estimate of drug-likeness (QED) is 0.268. The van der Waals surface area contributed by atoms with Gasteiger partial charge in [-0.2, -0.15) is 0 Å². The molecule has 240 valence electrons. The normalized spacial score (nSPS) is 22.7. The Balaban J connectivity index is 1.40. The summed E-state index contributed by atoms with van der Waals surface area (Å²) in [5, 5.41) is 23.5. The molecular formula is C36H43ClN2O6. The lowest BCUT2D eigenvalue weighted by atomic mass is 9.65. The summed E-state index contributed by atoms with van der Waals surface area (Å²) in [5.41, 5.74) is 2.49. The van der Waals surface area contributed by atoms with E-state index in [1.807, 2.05) is 43.3 Å². The van der Waals surface area contributed by atoms with Crippen molar-refractivity contribution >= 4 is 23.1 Å². The number of fused-ring (bicyclic) bond motifs is 2. The first-order chi connectivity index (χ1) is 21.4. The highest BCUT2D eigenvalue weighted by atomic mass is 35.5. The zero-order valence-electron chi connectivity index (χ0n) is 26.5. The molecule has 45 heavy (non-hydrogen) atoms. The largest absolute Gasteiger partial charge is 0.487 e.